The molecule has 2 rings (SSSR count). The number of ether oxygens (including phenoxy) is 1. The summed E-state index contributed by atoms with van der Waals surface area (Å²) < 4.78 is 4.93. The second-order valence-electron chi connectivity index (χ2n) is 4.16. The van der Waals surface area contributed by atoms with Crippen LogP contribution in [-0.4, -0.2) is 36.1 Å². The second-order valence-corrected chi connectivity index (χ2v) is 4.16. The lowest BCUT2D eigenvalue weighted by Gasteiger charge is -2.04. The number of rotatable bonds is 5. The minimum absolute atomic E-state index is 0.0692. The van der Waals surface area contributed by atoms with Crippen LogP contribution in [0.1, 0.15) is 22.6 Å². The number of imidazole rings is 1. The van der Waals surface area contributed by atoms with Crippen molar-refractivity contribution in [2.45, 2.75) is 13.3 Å². The first-order chi connectivity index (χ1) is 8.70. The molecule has 2 aromatic rings. The van der Waals surface area contributed by atoms with Crippen LogP contribution >= 0.6 is 0 Å². The van der Waals surface area contributed by atoms with Crippen molar-refractivity contribution in [3.63, 3.8) is 0 Å². The summed E-state index contributed by atoms with van der Waals surface area (Å²) in [5.41, 5.74) is 2.41. The van der Waals surface area contributed by atoms with Crippen molar-refractivity contribution < 1.29 is 9.53 Å². The summed E-state index contributed by atoms with van der Waals surface area (Å²) in [6.45, 7) is 3.16. The largest absolute Gasteiger partial charge is 0.385 e. The van der Waals surface area contributed by atoms with Crippen molar-refractivity contribution in [1.82, 2.24) is 15.3 Å². The standard InChI is InChI=1S/C13H17N3O2/c1-9-15-11-5-4-10(8-12(11)16-9)13(17)14-6-3-7-18-2/h4-5,8H,3,6-7H2,1-2H3,(H,14,17)(H,15,16). The molecule has 5 heteroatoms. The number of carbonyl (C=O) groups excluding carboxylic acids is 1. The van der Waals surface area contributed by atoms with Crippen molar-refractivity contribution in [2.24, 2.45) is 0 Å². The van der Waals surface area contributed by atoms with E-state index in [2.05, 4.69) is 15.3 Å². The lowest BCUT2D eigenvalue weighted by molar-refractivity contribution is 0.0948. The topological polar surface area (TPSA) is 67.0 Å². The molecule has 1 amide bonds. The van der Waals surface area contributed by atoms with Gasteiger partial charge in [0.25, 0.3) is 5.91 Å². The third-order valence-corrected chi connectivity index (χ3v) is 2.67. The van der Waals surface area contributed by atoms with Crippen LogP contribution in [0.2, 0.25) is 0 Å². The molecule has 0 saturated heterocycles. The predicted molar refractivity (Wildman–Crippen MR) is 69.7 cm³/mol. The van der Waals surface area contributed by atoms with Crippen LogP contribution in [0.25, 0.3) is 11.0 Å². The van der Waals surface area contributed by atoms with E-state index in [0.717, 1.165) is 23.3 Å². The Morgan fingerprint density at radius 1 is 1.50 bits per heavy atom. The number of hydrogen-bond donors (Lipinski definition) is 2. The van der Waals surface area contributed by atoms with Gasteiger partial charge in [-0.1, -0.05) is 0 Å². The number of hydrogen-bond acceptors (Lipinski definition) is 3. The lowest BCUT2D eigenvalue weighted by atomic mass is 10.2. The second kappa shape index (κ2) is 5.64. The van der Waals surface area contributed by atoms with Crippen LogP contribution in [0.3, 0.4) is 0 Å². The Balaban J connectivity index is 2.03. The number of amides is 1. The van der Waals surface area contributed by atoms with Gasteiger partial charge in [-0.3, -0.25) is 4.79 Å². The fourth-order valence-corrected chi connectivity index (χ4v) is 1.80. The van der Waals surface area contributed by atoms with Gasteiger partial charge in [-0.15, -0.1) is 0 Å². The number of methoxy groups -OCH3 is 1. The average Bonchev–Trinajstić information content (AvgIpc) is 2.73. The first-order valence-electron chi connectivity index (χ1n) is 5.94. The maximum absolute atomic E-state index is 11.9. The van der Waals surface area contributed by atoms with E-state index in [0.29, 0.717) is 18.7 Å². The number of benzene rings is 1. The number of carbonyl (C=O) groups is 1. The summed E-state index contributed by atoms with van der Waals surface area (Å²) in [6.07, 6.45) is 0.813. The molecule has 0 radical (unpaired) electrons. The third-order valence-electron chi connectivity index (χ3n) is 2.67. The van der Waals surface area contributed by atoms with E-state index < -0.39 is 0 Å². The van der Waals surface area contributed by atoms with Crippen molar-refractivity contribution in [2.75, 3.05) is 20.3 Å². The number of H-pyrrole nitrogens is 1. The summed E-state index contributed by atoms with van der Waals surface area (Å²) >= 11 is 0. The highest BCUT2D eigenvalue weighted by Gasteiger charge is 2.07. The third kappa shape index (κ3) is 2.87. The zero-order chi connectivity index (χ0) is 13.0. The molecule has 0 aliphatic heterocycles. The van der Waals surface area contributed by atoms with E-state index in [1.807, 2.05) is 19.1 Å². The maximum Gasteiger partial charge on any atom is 0.251 e. The molecule has 0 saturated carbocycles. The van der Waals surface area contributed by atoms with Gasteiger partial charge in [-0.05, 0) is 31.5 Å². The number of aromatic nitrogens is 2. The Morgan fingerprint density at radius 2 is 2.33 bits per heavy atom. The van der Waals surface area contributed by atoms with E-state index in [9.17, 15) is 4.79 Å². The Bertz CT molecular complexity index is 548. The monoisotopic (exact) mass is 247 g/mol. The van der Waals surface area contributed by atoms with Gasteiger partial charge in [0.2, 0.25) is 0 Å². The maximum atomic E-state index is 11.9. The fourth-order valence-electron chi connectivity index (χ4n) is 1.80. The van der Waals surface area contributed by atoms with Gasteiger partial charge in [-0.2, -0.15) is 0 Å². The summed E-state index contributed by atoms with van der Waals surface area (Å²) in [7, 11) is 1.65. The molecule has 1 aromatic heterocycles. The normalized spacial score (nSPS) is 10.8. The van der Waals surface area contributed by atoms with E-state index in [1.54, 1.807) is 13.2 Å². The molecule has 1 heterocycles. The van der Waals surface area contributed by atoms with Crippen LogP contribution in [0.15, 0.2) is 18.2 Å². The Morgan fingerprint density at radius 3 is 3.11 bits per heavy atom. The van der Waals surface area contributed by atoms with E-state index in [4.69, 9.17) is 4.74 Å². The van der Waals surface area contributed by atoms with E-state index in [1.165, 1.54) is 0 Å². The molecule has 0 atom stereocenters. The summed E-state index contributed by atoms with van der Waals surface area (Å²) in [5, 5.41) is 2.85. The molecule has 1 aromatic carbocycles. The molecule has 0 bridgehead atoms. The summed E-state index contributed by atoms with van der Waals surface area (Å²) in [4.78, 5) is 19.3. The molecule has 2 N–H and O–H groups in total. The van der Waals surface area contributed by atoms with Gasteiger partial charge in [0.15, 0.2) is 0 Å². The summed E-state index contributed by atoms with van der Waals surface area (Å²) in [6, 6.07) is 5.46. The lowest BCUT2D eigenvalue weighted by Crippen LogP contribution is -2.25. The molecule has 0 spiro atoms. The van der Waals surface area contributed by atoms with Gasteiger partial charge in [-0.25, -0.2) is 4.98 Å². The molecule has 96 valence electrons. The highest BCUT2D eigenvalue weighted by Crippen LogP contribution is 2.13. The van der Waals surface area contributed by atoms with Crippen molar-refractivity contribution in [3.8, 4) is 0 Å². The Hall–Kier alpha value is -1.88. The van der Waals surface area contributed by atoms with Crippen LogP contribution in [0.4, 0.5) is 0 Å². The van der Waals surface area contributed by atoms with Gasteiger partial charge in [0.05, 0.1) is 11.0 Å². The fraction of sp³-hybridized carbons (Fsp3) is 0.385. The Kier molecular flexibility index (Phi) is 3.94. The van der Waals surface area contributed by atoms with Gasteiger partial charge < -0.3 is 15.0 Å². The molecule has 0 fully saturated rings. The quantitative estimate of drug-likeness (QED) is 0.789. The first-order valence-corrected chi connectivity index (χ1v) is 5.94. The molecular weight excluding hydrogens is 230 g/mol. The number of nitrogens with zero attached hydrogens (tertiary/aromatic N) is 1. The molecule has 18 heavy (non-hydrogen) atoms. The minimum atomic E-state index is -0.0692. The zero-order valence-electron chi connectivity index (χ0n) is 10.6. The zero-order valence-corrected chi connectivity index (χ0v) is 10.6. The minimum Gasteiger partial charge on any atom is -0.385 e. The number of aryl methyl sites for hydroxylation is 1. The van der Waals surface area contributed by atoms with Gasteiger partial charge in [0.1, 0.15) is 5.82 Å². The van der Waals surface area contributed by atoms with Gasteiger partial charge in [0, 0.05) is 25.8 Å². The van der Waals surface area contributed by atoms with Crippen molar-refractivity contribution >= 4 is 16.9 Å². The molecule has 0 aliphatic carbocycles. The number of fused-ring (bicyclic) bond motifs is 1. The van der Waals surface area contributed by atoms with Crippen molar-refractivity contribution in [3.05, 3.63) is 29.6 Å². The van der Waals surface area contributed by atoms with E-state index >= 15 is 0 Å². The summed E-state index contributed by atoms with van der Waals surface area (Å²) in [5.74, 6) is 0.780. The van der Waals surface area contributed by atoms with Crippen LogP contribution in [0.5, 0.6) is 0 Å². The molecule has 0 aliphatic rings. The highest BCUT2D eigenvalue weighted by atomic mass is 16.5. The molecular formula is C13H17N3O2. The van der Waals surface area contributed by atoms with Crippen LogP contribution in [0, 0.1) is 6.92 Å². The average molecular weight is 247 g/mol. The first kappa shape index (κ1) is 12.6. The number of aromatic amines is 1. The van der Waals surface area contributed by atoms with Crippen molar-refractivity contribution in [1.29, 1.82) is 0 Å². The highest BCUT2D eigenvalue weighted by molar-refractivity contribution is 5.97. The predicted octanol–water partition coefficient (Wildman–Crippen LogP) is 1.64. The van der Waals surface area contributed by atoms with Crippen LogP contribution in [-0.2, 0) is 4.74 Å². The number of nitrogens with one attached hydrogen (secondary N) is 2. The Labute approximate surface area is 106 Å². The van der Waals surface area contributed by atoms with Gasteiger partial charge >= 0.3 is 0 Å². The van der Waals surface area contributed by atoms with E-state index in [-0.39, 0.29) is 5.91 Å². The van der Waals surface area contributed by atoms with Crippen LogP contribution < -0.4 is 5.32 Å². The smallest absolute Gasteiger partial charge is 0.251 e. The SMILES string of the molecule is COCCCNC(=O)c1ccc2nc(C)[nH]c2c1. The molecule has 5 nitrogen and oxygen atoms in total. The molecule has 0 unspecified atom stereocenters.